The molecule has 0 unspecified atom stereocenters. The van der Waals surface area contributed by atoms with Crippen molar-refractivity contribution in [2.45, 2.75) is 37.5 Å². The van der Waals surface area contributed by atoms with Crippen molar-refractivity contribution in [3.8, 4) is 0 Å². The van der Waals surface area contributed by atoms with E-state index in [1.165, 1.54) is 25.7 Å². The number of rotatable bonds is 2. The second-order valence-electron chi connectivity index (χ2n) is 6.49. The molecule has 0 nitrogen and oxygen atoms in total. The highest BCUT2D eigenvalue weighted by atomic mass is 14.5. The summed E-state index contributed by atoms with van der Waals surface area (Å²) in [6.45, 7) is 0. The molecular formula is C20H22. The van der Waals surface area contributed by atoms with E-state index < -0.39 is 0 Å². The fourth-order valence-electron chi connectivity index (χ4n) is 4.73. The fourth-order valence-corrected chi connectivity index (χ4v) is 4.73. The smallest absolute Gasteiger partial charge is 0.00591 e. The molecule has 0 aromatic heterocycles. The quantitative estimate of drug-likeness (QED) is 0.682. The molecule has 0 heterocycles. The van der Waals surface area contributed by atoms with Gasteiger partial charge in [-0.3, -0.25) is 0 Å². The molecule has 0 amide bonds. The summed E-state index contributed by atoms with van der Waals surface area (Å²) in [6.07, 6.45) is 5.75. The normalized spacial score (nSPS) is 32.2. The van der Waals surface area contributed by atoms with Gasteiger partial charge in [-0.2, -0.15) is 0 Å². The molecule has 0 heteroatoms. The summed E-state index contributed by atoms with van der Waals surface area (Å²) in [7, 11) is 0. The van der Waals surface area contributed by atoms with Gasteiger partial charge in [0.2, 0.25) is 0 Å². The van der Waals surface area contributed by atoms with Gasteiger partial charge in [-0.25, -0.2) is 0 Å². The van der Waals surface area contributed by atoms with Crippen LogP contribution in [-0.2, 0) is 0 Å². The van der Waals surface area contributed by atoms with Crippen LogP contribution in [0.25, 0.3) is 0 Å². The van der Waals surface area contributed by atoms with Crippen molar-refractivity contribution in [3.63, 3.8) is 0 Å². The van der Waals surface area contributed by atoms with Crippen molar-refractivity contribution in [2.75, 3.05) is 0 Å². The molecule has 4 atom stereocenters. The number of hydrogen-bond donors (Lipinski definition) is 0. The minimum absolute atomic E-state index is 0.754. The predicted molar refractivity (Wildman–Crippen MR) is 83.8 cm³/mol. The van der Waals surface area contributed by atoms with Crippen LogP contribution in [0.2, 0.25) is 0 Å². The first kappa shape index (κ1) is 12.2. The highest BCUT2D eigenvalue weighted by molar-refractivity contribution is 5.35. The maximum absolute atomic E-state index is 2.34. The van der Waals surface area contributed by atoms with Gasteiger partial charge in [-0.15, -0.1) is 0 Å². The summed E-state index contributed by atoms with van der Waals surface area (Å²) in [6, 6.07) is 22.4. The number of benzene rings is 2. The zero-order valence-corrected chi connectivity index (χ0v) is 11.9. The minimum Gasteiger partial charge on any atom is -0.0622 e. The highest BCUT2D eigenvalue weighted by Crippen LogP contribution is 2.62. The molecule has 20 heavy (non-hydrogen) atoms. The largest absolute Gasteiger partial charge is 0.0622 e. The van der Waals surface area contributed by atoms with E-state index in [-0.39, 0.29) is 0 Å². The molecule has 0 bridgehead atoms. The van der Waals surface area contributed by atoms with Gasteiger partial charge in [-0.1, -0.05) is 73.5 Å². The fraction of sp³-hybridized carbons (Fsp3) is 0.400. The van der Waals surface area contributed by atoms with E-state index in [1.54, 1.807) is 11.1 Å². The van der Waals surface area contributed by atoms with Crippen LogP contribution in [0.1, 0.15) is 48.6 Å². The maximum atomic E-state index is 2.34. The average molecular weight is 262 g/mol. The van der Waals surface area contributed by atoms with Crippen molar-refractivity contribution in [2.24, 2.45) is 11.8 Å². The van der Waals surface area contributed by atoms with E-state index in [1.807, 2.05) is 0 Å². The van der Waals surface area contributed by atoms with E-state index >= 15 is 0 Å². The lowest BCUT2D eigenvalue weighted by atomic mass is 9.49. The van der Waals surface area contributed by atoms with E-state index in [2.05, 4.69) is 60.7 Å². The second kappa shape index (κ2) is 5.09. The average Bonchev–Trinajstić information content (AvgIpc) is 2.51. The molecule has 0 aliphatic heterocycles. The molecule has 2 aromatic rings. The monoisotopic (exact) mass is 262 g/mol. The summed E-state index contributed by atoms with van der Waals surface area (Å²) < 4.78 is 0. The molecule has 0 spiro atoms. The van der Waals surface area contributed by atoms with Crippen LogP contribution in [0.15, 0.2) is 60.7 Å². The maximum Gasteiger partial charge on any atom is -0.00591 e. The Bertz CT molecular complexity index is 504. The topological polar surface area (TPSA) is 0 Å². The Labute approximate surface area is 121 Å². The van der Waals surface area contributed by atoms with Crippen LogP contribution in [0, 0.1) is 11.8 Å². The van der Waals surface area contributed by atoms with Crippen LogP contribution < -0.4 is 0 Å². The third-order valence-electron chi connectivity index (χ3n) is 5.55. The standard InChI is InChI=1S/C20H22/c1-3-9-15(10-4-1)19-17-13-7-8-14-18(17)20(19)16-11-5-2-6-12-16/h1-6,9-12,17-20H,7-8,13-14H2/t17-,18+,19-,20+. The van der Waals surface area contributed by atoms with Gasteiger partial charge in [0, 0.05) is 0 Å². The Morgan fingerprint density at radius 2 is 0.950 bits per heavy atom. The Morgan fingerprint density at radius 1 is 0.550 bits per heavy atom. The predicted octanol–water partition coefficient (Wildman–Crippen LogP) is 5.37. The number of hydrogen-bond acceptors (Lipinski definition) is 0. The highest BCUT2D eigenvalue weighted by Gasteiger charge is 2.51. The van der Waals surface area contributed by atoms with Crippen molar-refractivity contribution in [1.82, 2.24) is 0 Å². The molecular weight excluding hydrogens is 240 g/mol. The first-order valence-corrected chi connectivity index (χ1v) is 8.05. The summed E-state index contributed by atoms with van der Waals surface area (Å²) in [5.74, 6) is 3.36. The minimum atomic E-state index is 0.754. The summed E-state index contributed by atoms with van der Waals surface area (Å²) in [5, 5.41) is 0. The van der Waals surface area contributed by atoms with Crippen molar-refractivity contribution >= 4 is 0 Å². The molecule has 2 saturated carbocycles. The molecule has 0 radical (unpaired) electrons. The van der Waals surface area contributed by atoms with Crippen LogP contribution in [0.4, 0.5) is 0 Å². The lowest BCUT2D eigenvalue weighted by molar-refractivity contribution is 0.0444. The van der Waals surface area contributed by atoms with Gasteiger partial charge in [0.05, 0.1) is 0 Å². The molecule has 0 N–H and O–H groups in total. The Kier molecular flexibility index (Phi) is 3.10. The number of fused-ring (bicyclic) bond motifs is 1. The second-order valence-corrected chi connectivity index (χ2v) is 6.49. The van der Waals surface area contributed by atoms with Gasteiger partial charge in [-0.05, 0) is 47.6 Å². The molecule has 2 fully saturated rings. The van der Waals surface area contributed by atoms with Crippen LogP contribution in [-0.4, -0.2) is 0 Å². The zero-order valence-electron chi connectivity index (χ0n) is 11.9. The van der Waals surface area contributed by atoms with Crippen LogP contribution >= 0.6 is 0 Å². The van der Waals surface area contributed by atoms with E-state index in [9.17, 15) is 0 Å². The first-order valence-electron chi connectivity index (χ1n) is 8.05. The third-order valence-corrected chi connectivity index (χ3v) is 5.55. The van der Waals surface area contributed by atoms with Gasteiger partial charge >= 0.3 is 0 Å². The summed E-state index contributed by atoms with van der Waals surface area (Å²) in [5.41, 5.74) is 3.12. The molecule has 102 valence electrons. The summed E-state index contributed by atoms with van der Waals surface area (Å²) >= 11 is 0. The van der Waals surface area contributed by atoms with E-state index in [0.717, 1.165) is 23.7 Å². The van der Waals surface area contributed by atoms with Gasteiger partial charge in [0.25, 0.3) is 0 Å². The molecule has 2 aromatic carbocycles. The molecule has 4 rings (SSSR count). The summed E-state index contributed by atoms with van der Waals surface area (Å²) in [4.78, 5) is 0. The third kappa shape index (κ3) is 1.90. The molecule has 2 aliphatic carbocycles. The lowest BCUT2D eigenvalue weighted by Crippen LogP contribution is -2.45. The van der Waals surface area contributed by atoms with Gasteiger partial charge < -0.3 is 0 Å². The van der Waals surface area contributed by atoms with E-state index in [4.69, 9.17) is 0 Å². The molecule has 2 aliphatic rings. The van der Waals surface area contributed by atoms with Crippen molar-refractivity contribution in [1.29, 1.82) is 0 Å². The van der Waals surface area contributed by atoms with E-state index in [0.29, 0.717) is 0 Å². The van der Waals surface area contributed by atoms with Crippen molar-refractivity contribution in [3.05, 3.63) is 71.8 Å². The Hall–Kier alpha value is -1.56. The Morgan fingerprint density at radius 3 is 1.35 bits per heavy atom. The van der Waals surface area contributed by atoms with Crippen LogP contribution in [0.5, 0.6) is 0 Å². The lowest BCUT2D eigenvalue weighted by Gasteiger charge is -2.55. The van der Waals surface area contributed by atoms with Gasteiger partial charge in [0.1, 0.15) is 0 Å². The van der Waals surface area contributed by atoms with Crippen molar-refractivity contribution < 1.29 is 0 Å². The zero-order chi connectivity index (χ0) is 13.4. The molecule has 0 saturated heterocycles. The van der Waals surface area contributed by atoms with Gasteiger partial charge in [0.15, 0.2) is 0 Å². The Balaban J connectivity index is 1.71. The van der Waals surface area contributed by atoms with Crippen LogP contribution in [0.3, 0.4) is 0 Å². The first-order chi connectivity index (χ1) is 9.95. The SMILES string of the molecule is c1ccc([C@@H]2[C@@H]3CCCC[C@@H]3[C@@H]2c2ccccc2)cc1.